The Morgan fingerprint density at radius 2 is 1.96 bits per heavy atom. The minimum Gasteiger partial charge on any atom is -0.497 e. The highest BCUT2D eigenvalue weighted by molar-refractivity contribution is 5.78. The van der Waals surface area contributed by atoms with Gasteiger partial charge in [-0.25, -0.2) is 0 Å². The van der Waals surface area contributed by atoms with Gasteiger partial charge in [-0.3, -0.25) is 9.89 Å². The molecule has 3 N–H and O–H groups in total. The Morgan fingerprint density at radius 3 is 2.56 bits per heavy atom. The molecule has 0 bridgehead atoms. The molecular weight excluding hydrogens is 320 g/mol. The Morgan fingerprint density at radius 1 is 1.28 bits per heavy atom. The predicted octanol–water partition coefficient (Wildman–Crippen LogP) is 1.01. The Hall–Kier alpha value is -1.83. The first kappa shape index (κ1) is 19.5. The summed E-state index contributed by atoms with van der Waals surface area (Å²) in [5.74, 6) is 1.29. The lowest BCUT2D eigenvalue weighted by atomic mass is 10.0. The van der Waals surface area contributed by atoms with Gasteiger partial charge in [-0.05, 0) is 24.6 Å². The van der Waals surface area contributed by atoms with Gasteiger partial charge in [0.1, 0.15) is 5.75 Å². The van der Waals surface area contributed by atoms with Crippen molar-refractivity contribution in [1.82, 2.24) is 10.2 Å². The number of ether oxygens (including phenoxy) is 3. The van der Waals surface area contributed by atoms with Crippen LogP contribution in [0.4, 0.5) is 0 Å². The lowest BCUT2D eigenvalue weighted by molar-refractivity contribution is 0.0179. The van der Waals surface area contributed by atoms with E-state index in [0.29, 0.717) is 19.1 Å². The van der Waals surface area contributed by atoms with Gasteiger partial charge in [0.25, 0.3) is 0 Å². The molecule has 0 aromatic heterocycles. The number of methoxy groups -OCH3 is 2. The van der Waals surface area contributed by atoms with Crippen molar-refractivity contribution in [1.29, 1.82) is 0 Å². The molecule has 1 aromatic carbocycles. The summed E-state index contributed by atoms with van der Waals surface area (Å²) in [6, 6.07) is 8.42. The number of morpholine rings is 1. The van der Waals surface area contributed by atoms with Crippen molar-refractivity contribution >= 4 is 5.96 Å². The van der Waals surface area contributed by atoms with Crippen LogP contribution >= 0.6 is 0 Å². The average molecular weight is 350 g/mol. The second-order valence-electron chi connectivity index (χ2n) is 6.16. The lowest BCUT2D eigenvalue weighted by Crippen LogP contribution is -2.43. The van der Waals surface area contributed by atoms with E-state index < -0.39 is 0 Å². The molecule has 0 spiro atoms. The van der Waals surface area contributed by atoms with Crippen molar-refractivity contribution in [2.24, 2.45) is 10.7 Å². The van der Waals surface area contributed by atoms with E-state index in [2.05, 4.69) is 27.3 Å². The fourth-order valence-corrected chi connectivity index (χ4v) is 2.92. The molecule has 25 heavy (non-hydrogen) atoms. The molecule has 1 fully saturated rings. The molecule has 0 radical (unpaired) electrons. The standard InChI is InChI=1S/C18H30N4O3/c1-14(13-23-2)21-18(19)20-12-17(22-8-10-25-11-9-22)15-4-6-16(24-3)7-5-15/h4-7,14,17H,8-13H2,1-3H3,(H3,19,20,21). The Bertz CT molecular complexity index is 530. The molecule has 7 heteroatoms. The Kier molecular flexibility index (Phi) is 7.97. The maximum absolute atomic E-state index is 6.03. The first-order valence-electron chi connectivity index (χ1n) is 8.65. The van der Waals surface area contributed by atoms with Crippen LogP contribution in [0.25, 0.3) is 0 Å². The van der Waals surface area contributed by atoms with Crippen LogP contribution in [0.3, 0.4) is 0 Å². The molecule has 7 nitrogen and oxygen atoms in total. The molecule has 0 aliphatic carbocycles. The van der Waals surface area contributed by atoms with Crippen LogP contribution in [-0.4, -0.2) is 70.6 Å². The van der Waals surface area contributed by atoms with Crippen LogP contribution < -0.4 is 15.8 Å². The van der Waals surface area contributed by atoms with Gasteiger partial charge < -0.3 is 25.3 Å². The van der Waals surface area contributed by atoms with E-state index in [4.69, 9.17) is 19.9 Å². The topological polar surface area (TPSA) is 81.3 Å². The van der Waals surface area contributed by atoms with Crippen LogP contribution in [0, 0.1) is 0 Å². The van der Waals surface area contributed by atoms with Crippen LogP contribution in [-0.2, 0) is 9.47 Å². The summed E-state index contributed by atoms with van der Waals surface area (Å²) in [6.45, 7) is 6.45. The van der Waals surface area contributed by atoms with Gasteiger partial charge in [0.15, 0.2) is 5.96 Å². The zero-order chi connectivity index (χ0) is 18.1. The Labute approximate surface area is 150 Å². The van der Waals surface area contributed by atoms with E-state index in [-0.39, 0.29) is 12.1 Å². The van der Waals surface area contributed by atoms with Gasteiger partial charge in [0.05, 0.1) is 39.5 Å². The maximum atomic E-state index is 6.03. The highest BCUT2D eigenvalue weighted by Crippen LogP contribution is 2.24. The molecule has 1 saturated heterocycles. The van der Waals surface area contributed by atoms with Gasteiger partial charge in [0, 0.05) is 26.2 Å². The minimum atomic E-state index is 0.122. The van der Waals surface area contributed by atoms with Gasteiger partial charge in [-0.2, -0.15) is 0 Å². The summed E-state index contributed by atoms with van der Waals surface area (Å²) in [5.41, 5.74) is 7.22. The van der Waals surface area contributed by atoms with E-state index in [1.165, 1.54) is 5.56 Å². The molecule has 0 saturated carbocycles. The second kappa shape index (κ2) is 10.2. The quantitative estimate of drug-likeness (QED) is 0.538. The van der Waals surface area contributed by atoms with Crippen LogP contribution in [0.15, 0.2) is 29.3 Å². The molecule has 1 aliphatic heterocycles. The highest BCUT2D eigenvalue weighted by atomic mass is 16.5. The molecule has 2 atom stereocenters. The van der Waals surface area contributed by atoms with Gasteiger partial charge in [-0.15, -0.1) is 0 Å². The zero-order valence-electron chi connectivity index (χ0n) is 15.4. The zero-order valence-corrected chi connectivity index (χ0v) is 15.4. The summed E-state index contributed by atoms with van der Waals surface area (Å²) in [4.78, 5) is 6.94. The summed E-state index contributed by atoms with van der Waals surface area (Å²) >= 11 is 0. The van der Waals surface area contributed by atoms with Crippen molar-refractivity contribution < 1.29 is 14.2 Å². The van der Waals surface area contributed by atoms with E-state index in [1.54, 1.807) is 14.2 Å². The summed E-state index contributed by atoms with van der Waals surface area (Å²) in [6.07, 6.45) is 0. The SMILES string of the molecule is COCC(C)NC(N)=NCC(c1ccc(OC)cc1)N1CCOCC1. The van der Waals surface area contributed by atoms with Crippen molar-refractivity contribution in [3.8, 4) is 5.75 Å². The first-order valence-corrected chi connectivity index (χ1v) is 8.65. The smallest absolute Gasteiger partial charge is 0.188 e. The number of nitrogens with one attached hydrogen (secondary N) is 1. The number of benzene rings is 1. The highest BCUT2D eigenvalue weighted by Gasteiger charge is 2.22. The van der Waals surface area contributed by atoms with Crippen molar-refractivity contribution in [3.63, 3.8) is 0 Å². The molecule has 140 valence electrons. The first-order chi connectivity index (χ1) is 12.1. The van der Waals surface area contributed by atoms with Crippen molar-refractivity contribution in [3.05, 3.63) is 29.8 Å². The lowest BCUT2D eigenvalue weighted by Gasteiger charge is -2.34. The van der Waals surface area contributed by atoms with Gasteiger partial charge in [0.2, 0.25) is 0 Å². The molecular formula is C18H30N4O3. The molecule has 1 aliphatic rings. The normalized spacial score (nSPS) is 18.6. The van der Waals surface area contributed by atoms with E-state index in [1.807, 2.05) is 19.1 Å². The molecule has 1 heterocycles. The molecule has 2 unspecified atom stereocenters. The average Bonchev–Trinajstić information content (AvgIpc) is 2.63. The third kappa shape index (κ3) is 6.19. The van der Waals surface area contributed by atoms with E-state index in [0.717, 1.165) is 32.1 Å². The number of hydrogen-bond acceptors (Lipinski definition) is 5. The number of aliphatic imine (C=N–C) groups is 1. The molecule has 0 amide bonds. The fourth-order valence-electron chi connectivity index (χ4n) is 2.92. The predicted molar refractivity (Wildman–Crippen MR) is 99.1 cm³/mol. The van der Waals surface area contributed by atoms with Crippen LogP contribution in [0.5, 0.6) is 5.75 Å². The summed E-state index contributed by atoms with van der Waals surface area (Å²) in [7, 11) is 3.34. The second-order valence-corrected chi connectivity index (χ2v) is 6.16. The maximum Gasteiger partial charge on any atom is 0.188 e. The van der Waals surface area contributed by atoms with E-state index >= 15 is 0 Å². The number of rotatable bonds is 8. The van der Waals surface area contributed by atoms with Crippen LogP contribution in [0.1, 0.15) is 18.5 Å². The molecule has 1 aromatic rings. The molecule has 2 rings (SSSR count). The summed E-state index contributed by atoms with van der Waals surface area (Å²) in [5, 5.41) is 3.15. The largest absolute Gasteiger partial charge is 0.497 e. The monoisotopic (exact) mass is 350 g/mol. The number of hydrogen-bond donors (Lipinski definition) is 2. The fraction of sp³-hybridized carbons (Fsp3) is 0.611. The summed E-state index contributed by atoms with van der Waals surface area (Å²) < 4.78 is 15.8. The van der Waals surface area contributed by atoms with E-state index in [9.17, 15) is 0 Å². The third-order valence-electron chi connectivity index (χ3n) is 4.23. The number of guanidine groups is 1. The van der Waals surface area contributed by atoms with Crippen LogP contribution in [0.2, 0.25) is 0 Å². The number of nitrogens with zero attached hydrogens (tertiary/aromatic N) is 2. The van der Waals surface area contributed by atoms with Gasteiger partial charge in [-0.1, -0.05) is 12.1 Å². The minimum absolute atomic E-state index is 0.122. The third-order valence-corrected chi connectivity index (χ3v) is 4.23. The van der Waals surface area contributed by atoms with Crippen molar-refractivity contribution in [2.45, 2.75) is 19.0 Å². The van der Waals surface area contributed by atoms with Crippen molar-refractivity contribution in [2.75, 3.05) is 53.7 Å². The number of nitrogens with two attached hydrogens (primary N) is 1. The Balaban J connectivity index is 2.08. The van der Waals surface area contributed by atoms with Gasteiger partial charge >= 0.3 is 0 Å².